The van der Waals surface area contributed by atoms with Crippen molar-refractivity contribution in [2.75, 3.05) is 18.5 Å². The molecule has 0 saturated heterocycles. The van der Waals surface area contributed by atoms with E-state index >= 15 is 0 Å². The molecule has 0 amide bonds. The minimum Gasteiger partial charge on any atom is -0.462 e. The first kappa shape index (κ1) is 11.6. The topological polar surface area (TPSA) is 56.1 Å². The van der Waals surface area contributed by atoms with E-state index in [1.54, 1.807) is 0 Å². The summed E-state index contributed by atoms with van der Waals surface area (Å²) in [7, 11) is 0. The molecule has 1 aliphatic carbocycles. The minimum absolute atomic E-state index is 0.264. The number of hydrogen-bond acceptors (Lipinski definition) is 4. The first-order valence-corrected chi connectivity index (χ1v) is 6.72. The Hall–Kier alpha value is -1.52. The number of aryl methyl sites for hydroxylation is 1. The lowest BCUT2D eigenvalue weighted by Crippen LogP contribution is -2.30. The predicted octanol–water partition coefficient (Wildman–Crippen LogP) is 2.13. The lowest BCUT2D eigenvalue weighted by Gasteiger charge is -2.28. The van der Waals surface area contributed by atoms with Gasteiger partial charge in [0, 0.05) is 6.54 Å². The van der Waals surface area contributed by atoms with Crippen molar-refractivity contribution in [3.05, 3.63) is 11.3 Å². The number of carbonyl (C=O) groups is 1. The molecule has 2 heterocycles. The first-order valence-electron chi connectivity index (χ1n) is 6.72. The molecule has 0 bridgehead atoms. The summed E-state index contributed by atoms with van der Waals surface area (Å²) < 4.78 is 7.13. The second-order valence-corrected chi connectivity index (χ2v) is 5.11. The Morgan fingerprint density at radius 2 is 2.39 bits per heavy atom. The predicted molar refractivity (Wildman–Crippen MR) is 67.8 cm³/mol. The van der Waals surface area contributed by atoms with E-state index in [0.29, 0.717) is 24.1 Å². The second kappa shape index (κ2) is 4.30. The van der Waals surface area contributed by atoms with Crippen LogP contribution in [0.1, 0.15) is 48.3 Å². The van der Waals surface area contributed by atoms with E-state index in [4.69, 9.17) is 4.74 Å². The van der Waals surface area contributed by atoms with Crippen LogP contribution in [0.5, 0.6) is 0 Å². The lowest BCUT2D eigenvalue weighted by atomic mass is 10.0. The normalized spacial score (nSPS) is 25.2. The molecule has 1 fully saturated rings. The second-order valence-electron chi connectivity index (χ2n) is 5.11. The Morgan fingerprint density at radius 3 is 3.17 bits per heavy atom. The Labute approximate surface area is 107 Å². The van der Waals surface area contributed by atoms with Crippen LogP contribution in [0, 0.1) is 12.8 Å². The van der Waals surface area contributed by atoms with Gasteiger partial charge in [-0.2, -0.15) is 5.10 Å². The Bertz CT molecular complexity index is 481. The summed E-state index contributed by atoms with van der Waals surface area (Å²) in [6, 6.07) is 0.461. The van der Waals surface area contributed by atoms with E-state index < -0.39 is 0 Å². The van der Waals surface area contributed by atoms with Crippen LogP contribution in [-0.4, -0.2) is 28.9 Å². The van der Waals surface area contributed by atoms with Crippen LogP contribution < -0.4 is 5.32 Å². The van der Waals surface area contributed by atoms with E-state index in [2.05, 4.69) is 10.4 Å². The summed E-state index contributed by atoms with van der Waals surface area (Å²) >= 11 is 0. The van der Waals surface area contributed by atoms with Crippen molar-refractivity contribution in [1.29, 1.82) is 0 Å². The molecule has 5 nitrogen and oxygen atoms in total. The van der Waals surface area contributed by atoms with Crippen molar-refractivity contribution in [1.82, 2.24) is 9.78 Å². The fourth-order valence-corrected chi connectivity index (χ4v) is 3.21. The fourth-order valence-electron chi connectivity index (χ4n) is 3.21. The van der Waals surface area contributed by atoms with Crippen molar-refractivity contribution >= 4 is 11.8 Å². The summed E-state index contributed by atoms with van der Waals surface area (Å²) in [4.78, 5) is 12.0. The number of fused-ring (bicyclic) bond motifs is 3. The molecule has 0 aromatic carbocycles. The molecule has 98 valence electrons. The van der Waals surface area contributed by atoms with Crippen molar-refractivity contribution in [3.63, 3.8) is 0 Å². The highest BCUT2D eigenvalue weighted by atomic mass is 16.5. The van der Waals surface area contributed by atoms with Gasteiger partial charge in [0.2, 0.25) is 0 Å². The Morgan fingerprint density at radius 1 is 1.56 bits per heavy atom. The number of ether oxygens (including phenoxy) is 1. The average molecular weight is 249 g/mol. The molecule has 3 rings (SSSR count). The van der Waals surface area contributed by atoms with Gasteiger partial charge in [-0.15, -0.1) is 0 Å². The molecule has 1 aliphatic heterocycles. The maximum Gasteiger partial charge on any atom is 0.343 e. The monoisotopic (exact) mass is 249 g/mol. The van der Waals surface area contributed by atoms with Gasteiger partial charge in [0.1, 0.15) is 11.4 Å². The lowest BCUT2D eigenvalue weighted by molar-refractivity contribution is 0.0526. The number of carbonyl (C=O) groups excluding carboxylic acids is 1. The molecule has 18 heavy (non-hydrogen) atoms. The highest BCUT2D eigenvalue weighted by molar-refractivity contribution is 5.96. The van der Waals surface area contributed by atoms with Gasteiger partial charge in [-0.3, -0.25) is 0 Å². The van der Waals surface area contributed by atoms with Gasteiger partial charge in [0.15, 0.2) is 0 Å². The van der Waals surface area contributed by atoms with Gasteiger partial charge < -0.3 is 10.1 Å². The van der Waals surface area contributed by atoms with Crippen LogP contribution in [0.3, 0.4) is 0 Å². The van der Waals surface area contributed by atoms with Crippen molar-refractivity contribution in [2.45, 2.75) is 39.2 Å². The van der Waals surface area contributed by atoms with Gasteiger partial charge in [0.25, 0.3) is 0 Å². The third-order valence-electron chi connectivity index (χ3n) is 4.03. The highest BCUT2D eigenvalue weighted by Gasteiger charge is 2.37. The van der Waals surface area contributed by atoms with Crippen LogP contribution in [0.2, 0.25) is 0 Å². The number of esters is 1. The van der Waals surface area contributed by atoms with Crippen molar-refractivity contribution < 1.29 is 9.53 Å². The summed E-state index contributed by atoms with van der Waals surface area (Å²) in [5, 5.41) is 7.91. The van der Waals surface area contributed by atoms with Crippen LogP contribution in [0.15, 0.2) is 0 Å². The zero-order valence-corrected chi connectivity index (χ0v) is 10.9. The summed E-state index contributed by atoms with van der Waals surface area (Å²) in [6.07, 6.45) is 3.68. The molecular formula is C13H19N3O2. The average Bonchev–Trinajstić information content (AvgIpc) is 2.91. The summed E-state index contributed by atoms with van der Waals surface area (Å²) in [5.41, 5.74) is 1.38. The maximum atomic E-state index is 12.0. The Kier molecular flexibility index (Phi) is 2.76. The Balaban J connectivity index is 2.00. The first-order chi connectivity index (χ1) is 8.72. The van der Waals surface area contributed by atoms with Crippen LogP contribution in [-0.2, 0) is 4.74 Å². The van der Waals surface area contributed by atoms with E-state index in [-0.39, 0.29) is 5.97 Å². The molecule has 5 heteroatoms. The van der Waals surface area contributed by atoms with Crippen molar-refractivity contribution in [2.24, 2.45) is 5.92 Å². The number of anilines is 1. The molecule has 1 aromatic rings. The summed E-state index contributed by atoms with van der Waals surface area (Å²) in [6.45, 7) is 5.05. The highest BCUT2D eigenvalue weighted by Crippen LogP contribution is 2.41. The largest absolute Gasteiger partial charge is 0.462 e. The van der Waals surface area contributed by atoms with E-state index in [0.717, 1.165) is 18.1 Å². The molecule has 1 N–H and O–H groups in total. The number of nitrogens with zero attached hydrogens (tertiary/aromatic N) is 2. The number of hydrogen-bond donors (Lipinski definition) is 1. The molecule has 0 radical (unpaired) electrons. The van der Waals surface area contributed by atoms with E-state index in [1.807, 2.05) is 18.5 Å². The molecular weight excluding hydrogens is 230 g/mol. The third-order valence-corrected chi connectivity index (χ3v) is 4.03. The van der Waals surface area contributed by atoms with Gasteiger partial charge in [0.05, 0.1) is 18.3 Å². The van der Waals surface area contributed by atoms with Crippen LogP contribution in [0.25, 0.3) is 0 Å². The SMILES string of the molecule is CCOC(=O)c1c(C)nn2c1NCC1CCCC12. The quantitative estimate of drug-likeness (QED) is 0.816. The molecule has 1 saturated carbocycles. The van der Waals surface area contributed by atoms with Gasteiger partial charge >= 0.3 is 5.97 Å². The zero-order chi connectivity index (χ0) is 12.7. The zero-order valence-electron chi connectivity index (χ0n) is 10.9. The van der Waals surface area contributed by atoms with Gasteiger partial charge in [-0.1, -0.05) is 6.42 Å². The summed E-state index contributed by atoms with van der Waals surface area (Å²) in [5.74, 6) is 1.25. The van der Waals surface area contributed by atoms with E-state index in [1.165, 1.54) is 19.3 Å². The van der Waals surface area contributed by atoms with Gasteiger partial charge in [-0.25, -0.2) is 9.48 Å². The van der Waals surface area contributed by atoms with Gasteiger partial charge in [-0.05, 0) is 32.6 Å². The number of aromatic nitrogens is 2. The molecule has 2 aliphatic rings. The molecule has 2 unspecified atom stereocenters. The number of nitrogens with one attached hydrogen (secondary N) is 1. The molecule has 1 aromatic heterocycles. The fraction of sp³-hybridized carbons (Fsp3) is 0.692. The third kappa shape index (κ3) is 1.61. The van der Waals surface area contributed by atoms with E-state index in [9.17, 15) is 4.79 Å². The number of rotatable bonds is 2. The standard InChI is InChI=1S/C13H19N3O2/c1-3-18-13(17)11-8(2)15-16-10-6-4-5-9(10)7-14-12(11)16/h9-10,14H,3-7H2,1-2H3. The van der Waals surface area contributed by atoms with Crippen molar-refractivity contribution in [3.8, 4) is 0 Å². The van der Waals surface area contributed by atoms with Crippen LogP contribution >= 0.6 is 0 Å². The van der Waals surface area contributed by atoms with Crippen LogP contribution in [0.4, 0.5) is 5.82 Å². The smallest absolute Gasteiger partial charge is 0.343 e. The molecule has 2 atom stereocenters. The molecule has 0 spiro atoms. The maximum absolute atomic E-state index is 12.0. The minimum atomic E-state index is -0.264.